The first-order chi connectivity index (χ1) is 13.2. The molecule has 0 bridgehead atoms. The Morgan fingerprint density at radius 1 is 1.04 bits per heavy atom. The van der Waals surface area contributed by atoms with Crippen molar-refractivity contribution in [3.63, 3.8) is 0 Å². The Kier molecular flexibility index (Phi) is 3.96. The molecule has 0 aliphatic rings. The van der Waals surface area contributed by atoms with E-state index in [1.54, 1.807) is 11.8 Å². The fourth-order valence-corrected chi connectivity index (χ4v) is 4.54. The molecule has 3 aromatic heterocycles. The molecule has 2 aromatic carbocycles. The fourth-order valence-electron chi connectivity index (χ4n) is 3.36. The summed E-state index contributed by atoms with van der Waals surface area (Å²) in [5, 5.41) is 3.10. The van der Waals surface area contributed by atoms with Gasteiger partial charge in [-0.2, -0.15) is 0 Å². The Morgan fingerprint density at radius 3 is 2.74 bits per heavy atom. The number of nitrogens with one attached hydrogen (secondary N) is 1. The van der Waals surface area contributed by atoms with Gasteiger partial charge in [0.25, 0.3) is 0 Å². The van der Waals surface area contributed by atoms with Gasteiger partial charge in [-0.15, -0.1) is 0 Å². The maximum atomic E-state index is 6.05. The van der Waals surface area contributed by atoms with Gasteiger partial charge in [-0.1, -0.05) is 29.4 Å². The van der Waals surface area contributed by atoms with Gasteiger partial charge in [-0.3, -0.25) is 0 Å². The summed E-state index contributed by atoms with van der Waals surface area (Å²) in [5.74, 6) is 0. The molecular formula is C22H16ClN3S. The summed E-state index contributed by atoms with van der Waals surface area (Å²) in [6, 6.07) is 20.7. The third kappa shape index (κ3) is 2.91. The largest absolute Gasteiger partial charge is 0.351 e. The van der Waals surface area contributed by atoms with Gasteiger partial charge in [-0.25, -0.2) is 4.98 Å². The number of pyridine rings is 1. The first-order valence-corrected chi connectivity index (χ1v) is 9.84. The van der Waals surface area contributed by atoms with Crippen LogP contribution in [0.4, 0.5) is 0 Å². The highest BCUT2D eigenvalue weighted by Gasteiger charge is 2.16. The first-order valence-electron chi connectivity index (χ1n) is 8.64. The van der Waals surface area contributed by atoms with E-state index in [4.69, 9.17) is 11.6 Å². The van der Waals surface area contributed by atoms with Crippen molar-refractivity contribution in [2.24, 2.45) is 7.05 Å². The standard InChI is InChI=1S/C22H16ClN3S/c1-26-12-10-14-13-15(4-9-19(14)26)20-21(18-3-2-11-24-22(18)25-20)27-17-7-5-16(23)6-8-17/h2-13H,1H3,(H,24,25). The number of nitrogens with zero attached hydrogens (tertiary/aromatic N) is 2. The number of benzene rings is 2. The highest BCUT2D eigenvalue weighted by atomic mass is 35.5. The van der Waals surface area contributed by atoms with E-state index < -0.39 is 0 Å². The minimum Gasteiger partial charge on any atom is -0.351 e. The van der Waals surface area contributed by atoms with Crippen molar-refractivity contribution < 1.29 is 0 Å². The Hall–Kier alpha value is -2.69. The molecule has 27 heavy (non-hydrogen) atoms. The van der Waals surface area contributed by atoms with Crippen LogP contribution in [-0.2, 0) is 7.05 Å². The molecule has 0 unspecified atom stereocenters. The molecule has 5 aromatic rings. The van der Waals surface area contributed by atoms with E-state index in [1.165, 1.54) is 15.8 Å². The van der Waals surface area contributed by atoms with Gasteiger partial charge in [0.1, 0.15) is 5.65 Å². The Balaban J connectivity index is 1.69. The molecule has 3 nitrogen and oxygen atoms in total. The highest BCUT2D eigenvalue weighted by molar-refractivity contribution is 7.99. The predicted molar refractivity (Wildman–Crippen MR) is 114 cm³/mol. The minimum absolute atomic E-state index is 0.745. The number of aryl methyl sites for hydroxylation is 1. The van der Waals surface area contributed by atoms with E-state index >= 15 is 0 Å². The van der Waals surface area contributed by atoms with E-state index in [0.29, 0.717) is 0 Å². The maximum Gasteiger partial charge on any atom is 0.138 e. The van der Waals surface area contributed by atoms with Crippen molar-refractivity contribution in [2.45, 2.75) is 9.79 Å². The zero-order chi connectivity index (χ0) is 18.4. The molecule has 3 heterocycles. The lowest BCUT2D eigenvalue weighted by molar-refractivity contribution is 0.969. The van der Waals surface area contributed by atoms with Gasteiger partial charge < -0.3 is 9.55 Å². The predicted octanol–water partition coefficient (Wildman–Crippen LogP) is 6.53. The summed E-state index contributed by atoms with van der Waals surface area (Å²) in [4.78, 5) is 10.4. The highest BCUT2D eigenvalue weighted by Crippen LogP contribution is 2.41. The second-order valence-electron chi connectivity index (χ2n) is 6.48. The van der Waals surface area contributed by atoms with Crippen LogP contribution in [-0.4, -0.2) is 14.5 Å². The number of fused-ring (bicyclic) bond motifs is 2. The quantitative estimate of drug-likeness (QED) is 0.380. The fraction of sp³-hybridized carbons (Fsp3) is 0.0455. The Bertz CT molecular complexity index is 1270. The summed E-state index contributed by atoms with van der Waals surface area (Å²) in [6.07, 6.45) is 3.91. The Labute approximate surface area is 166 Å². The van der Waals surface area contributed by atoms with Gasteiger partial charge in [0.2, 0.25) is 0 Å². The van der Waals surface area contributed by atoms with Crippen molar-refractivity contribution in [1.82, 2.24) is 14.5 Å². The number of H-pyrrole nitrogens is 1. The minimum atomic E-state index is 0.745. The van der Waals surface area contributed by atoms with E-state index in [2.05, 4.69) is 58.1 Å². The monoisotopic (exact) mass is 389 g/mol. The van der Waals surface area contributed by atoms with Crippen LogP contribution in [0, 0.1) is 0 Å². The molecule has 0 saturated heterocycles. The van der Waals surface area contributed by atoms with Gasteiger partial charge in [-0.05, 0) is 60.2 Å². The molecule has 0 aliphatic carbocycles. The SMILES string of the molecule is Cn1ccc2cc(-c3[nH]c4ncccc4c3Sc3ccc(Cl)cc3)ccc21. The average molecular weight is 390 g/mol. The summed E-state index contributed by atoms with van der Waals surface area (Å²) in [7, 11) is 2.07. The molecular weight excluding hydrogens is 374 g/mol. The molecule has 0 aliphatic heterocycles. The third-order valence-electron chi connectivity index (χ3n) is 4.73. The molecule has 0 radical (unpaired) electrons. The van der Waals surface area contributed by atoms with Crippen LogP contribution in [0.3, 0.4) is 0 Å². The molecule has 0 atom stereocenters. The zero-order valence-electron chi connectivity index (χ0n) is 14.6. The molecule has 132 valence electrons. The molecule has 1 N–H and O–H groups in total. The molecule has 5 rings (SSSR count). The van der Waals surface area contributed by atoms with Crippen LogP contribution in [0.1, 0.15) is 0 Å². The van der Waals surface area contributed by atoms with E-state index in [1.807, 2.05) is 36.5 Å². The number of hydrogen-bond donors (Lipinski definition) is 1. The second kappa shape index (κ2) is 6.48. The molecule has 0 saturated carbocycles. The van der Waals surface area contributed by atoms with Crippen LogP contribution >= 0.6 is 23.4 Å². The van der Waals surface area contributed by atoms with Gasteiger partial charge in [0.05, 0.1) is 5.69 Å². The number of rotatable bonds is 3. The number of aromatic nitrogens is 3. The third-order valence-corrected chi connectivity index (χ3v) is 6.12. The van der Waals surface area contributed by atoms with Gasteiger partial charge >= 0.3 is 0 Å². The lowest BCUT2D eigenvalue weighted by Crippen LogP contribution is -1.85. The normalized spacial score (nSPS) is 11.5. The topological polar surface area (TPSA) is 33.6 Å². The van der Waals surface area contributed by atoms with Crippen molar-refractivity contribution >= 4 is 45.3 Å². The van der Waals surface area contributed by atoms with Crippen molar-refractivity contribution in [2.75, 3.05) is 0 Å². The van der Waals surface area contributed by atoms with Crippen molar-refractivity contribution in [1.29, 1.82) is 0 Å². The maximum absolute atomic E-state index is 6.05. The molecule has 5 heteroatoms. The number of aromatic amines is 1. The zero-order valence-corrected chi connectivity index (χ0v) is 16.2. The van der Waals surface area contributed by atoms with Crippen LogP contribution in [0.5, 0.6) is 0 Å². The van der Waals surface area contributed by atoms with Crippen LogP contribution in [0.25, 0.3) is 33.2 Å². The van der Waals surface area contributed by atoms with Crippen molar-refractivity contribution in [3.05, 3.63) is 78.1 Å². The lowest BCUT2D eigenvalue weighted by Gasteiger charge is -2.06. The number of hydrogen-bond acceptors (Lipinski definition) is 2. The second-order valence-corrected chi connectivity index (χ2v) is 8.01. The average Bonchev–Trinajstić information content (AvgIpc) is 3.24. The van der Waals surface area contributed by atoms with E-state index in [0.717, 1.165) is 32.2 Å². The van der Waals surface area contributed by atoms with Gasteiger partial charge in [0, 0.05) is 50.5 Å². The smallest absolute Gasteiger partial charge is 0.138 e. The van der Waals surface area contributed by atoms with Gasteiger partial charge in [0.15, 0.2) is 0 Å². The number of halogens is 1. The van der Waals surface area contributed by atoms with Crippen LogP contribution in [0.2, 0.25) is 5.02 Å². The summed E-state index contributed by atoms with van der Waals surface area (Å²) in [5.41, 5.74) is 4.37. The van der Waals surface area contributed by atoms with Crippen LogP contribution < -0.4 is 0 Å². The molecule has 0 fully saturated rings. The summed E-state index contributed by atoms with van der Waals surface area (Å²) >= 11 is 7.78. The first kappa shape index (κ1) is 16.5. The molecule has 0 amide bonds. The summed E-state index contributed by atoms with van der Waals surface area (Å²) < 4.78 is 2.13. The van der Waals surface area contributed by atoms with E-state index in [9.17, 15) is 0 Å². The molecule has 0 spiro atoms. The van der Waals surface area contributed by atoms with Crippen LogP contribution in [0.15, 0.2) is 82.8 Å². The lowest BCUT2D eigenvalue weighted by atomic mass is 10.1. The van der Waals surface area contributed by atoms with E-state index in [-0.39, 0.29) is 0 Å². The summed E-state index contributed by atoms with van der Waals surface area (Å²) in [6.45, 7) is 0. The Morgan fingerprint density at radius 2 is 1.89 bits per heavy atom. The van der Waals surface area contributed by atoms with Crippen molar-refractivity contribution in [3.8, 4) is 11.3 Å².